The van der Waals surface area contributed by atoms with Gasteiger partial charge in [0.2, 0.25) is 5.91 Å². The molecule has 1 aliphatic rings. The van der Waals surface area contributed by atoms with Gasteiger partial charge in [-0.2, -0.15) is 0 Å². The van der Waals surface area contributed by atoms with Crippen molar-refractivity contribution in [2.24, 2.45) is 16.8 Å². The lowest BCUT2D eigenvalue weighted by atomic mass is 10.1. The zero-order chi connectivity index (χ0) is 18.9. The fraction of sp³-hybridized carbons (Fsp3) is 0.600. The molecule has 1 amide bonds. The van der Waals surface area contributed by atoms with Gasteiger partial charge >= 0.3 is 0 Å². The van der Waals surface area contributed by atoms with E-state index in [-0.39, 0.29) is 35.8 Å². The number of likely N-dealkylation sites (tertiary alicyclic amines) is 1. The van der Waals surface area contributed by atoms with Crippen molar-refractivity contribution in [1.82, 2.24) is 10.2 Å². The molecular weight excluding hydrogens is 455 g/mol. The summed E-state index contributed by atoms with van der Waals surface area (Å²) in [5.74, 6) is 1.55. The largest absolute Gasteiger partial charge is 0.384 e. The zero-order valence-corrected chi connectivity index (χ0v) is 19.2. The third-order valence-electron chi connectivity index (χ3n) is 4.48. The fourth-order valence-corrected chi connectivity index (χ4v) is 2.97. The lowest BCUT2D eigenvalue weighted by Crippen LogP contribution is -2.40. The number of hydrogen-bond donors (Lipinski definition) is 2. The normalized spacial score (nSPS) is 17.0. The standard InChI is InChI=1S/C20H32N4O2.HI/c1-5-21-20(24-11-10-17(13-24)14-26-4)22-12-16-6-8-18(9-7-16)23-19(25)15(2)3;/h6-9,15,17H,5,10-14H2,1-4H3,(H,21,22)(H,23,25);1H. The van der Waals surface area contributed by atoms with Crippen LogP contribution in [-0.4, -0.2) is 50.1 Å². The topological polar surface area (TPSA) is 66.0 Å². The molecule has 2 rings (SSSR count). The maximum atomic E-state index is 11.7. The number of amides is 1. The van der Waals surface area contributed by atoms with Gasteiger partial charge in [-0.15, -0.1) is 24.0 Å². The molecule has 0 saturated carbocycles. The van der Waals surface area contributed by atoms with Gasteiger partial charge in [0.15, 0.2) is 5.96 Å². The van der Waals surface area contributed by atoms with Gasteiger partial charge in [-0.05, 0) is 31.0 Å². The van der Waals surface area contributed by atoms with E-state index in [1.54, 1.807) is 7.11 Å². The van der Waals surface area contributed by atoms with Crippen LogP contribution in [0.2, 0.25) is 0 Å². The predicted octanol–water partition coefficient (Wildman–Crippen LogP) is 3.33. The summed E-state index contributed by atoms with van der Waals surface area (Å²) in [6.07, 6.45) is 1.14. The Morgan fingerprint density at radius 3 is 2.63 bits per heavy atom. The molecule has 2 N–H and O–H groups in total. The van der Waals surface area contributed by atoms with Crippen molar-refractivity contribution in [2.45, 2.75) is 33.7 Å². The molecule has 1 fully saturated rings. The number of halogens is 1. The van der Waals surface area contributed by atoms with Crippen molar-refractivity contribution in [3.05, 3.63) is 29.8 Å². The number of carbonyl (C=O) groups is 1. The van der Waals surface area contributed by atoms with E-state index in [4.69, 9.17) is 9.73 Å². The number of ether oxygens (including phenoxy) is 1. The van der Waals surface area contributed by atoms with Crippen molar-refractivity contribution in [3.8, 4) is 0 Å². The summed E-state index contributed by atoms with van der Waals surface area (Å²) in [5, 5.41) is 6.29. The molecule has 6 nitrogen and oxygen atoms in total. The van der Waals surface area contributed by atoms with Gasteiger partial charge in [0.05, 0.1) is 13.2 Å². The van der Waals surface area contributed by atoms with Gasteiger partial charge in [0.1, 0.15) is 0 Å². The van der Waals surface area contributed by atoms with Crippen LogP contribution in [0.1, 0.15) is 32.8 Å². The molecule has 7 heteroatoms. The Balaban J connectivity index is 0.00000364. The van der Waals surface area contributed by atoms with Crippen LogP contribution in [-0.2, 0) is 16.1 Å². The molecule has 1 saturated heterocycles. The highest BCUT2D eigenvalue weighted by molar-refractivity contribution is 14.0. The monoisotopic (exact) mass is 488 g/mol. The Morgan fingerprint density at radius 1 is 1.33 bits per heavy atom. The Hall–Kier alpha value is -1.35. The number of anilines is 1. The van der Waals surface area contributed by atoms with E-state index in [0.29, 0.717) is 12.5 Å². The molecule has 1 aliphatic heterocycles. The summed E-state index contributed by atoms with van der Waals surface area (Å²) in [6.45, 7) is 10.1. The number of benzene rings is 1. The summed E-state index contributed by atoms with van der Waals surface area (Å²) < 4.78 is 5.28. The quantitative estimate of drug-likeness (QED) is 0.351. The summed E-state index contributed by atoms with van der Waals surface area (Å²) in [4.78, 5) is 18.8. The van der Waals surface area contributed by atoms with Crippen LogP contribution < -0.4 is 10.6 Å². The molecule has 0 aromatic heterocycles. The first-order chi connectivity index (χ1) is 12.5. The van der Waals surface area contributed by atoms with Crippen LogP contribution in [0.5, 0.6) is 0 Å². The van der Waals surface area contributed by atoms with Crippen LogP contribution >= 0.6 is 24.0 Å². The molecule has 1 aromatic carbocycles. The van der Waals surface area contributed by atoms with Crippen LogP contribution in [0.3, 0.4) is 0 Å². The first kappa shape index (κ1) is 23.7. The van der Waals surface area contributed by atoms with Gasteiger partial charge < -0.3 is 20.3 Å². The number of aliphatic imine (C=N–C) groups is 1. The molecule has 1 heterocycles. The third kappa shape index (κ3) is 7.65. The Labute approximate surface area is 180 Å². The Morgan fingerprint density at radius 2 is 2.04 bits per heavy atom. The second kappa shape index (κ2) is 12.2. The van der Waals surface area contributed by atoms with Gasteiger partial charge in [0.25, 0.3) is 0 Å². The molecule has 0 bridgehead atoms. The summed E-state index contributed by atoms with van der Waals surface area (Å²) >= 11 is 0. The molecule has 0 radical (unpaired) electrons. The first-order valence-corrected chi connectivity index (χ1v) is 9.45. The maximum Gasteiger partial charge on any atom is 0.226 e. The Bertz CT molecular complexity index is 605. The highest BCUT2D eigenvalue weighted by atomic mass is 127. The third-order valence-corrected chi connectivity index (χ3v) is 4.48. The van der Waals surface area contributed by atoms with Crippen molar-refractivity contribution in [3.63, 3.8) is 0 Å². The molecule has 0 aliphatic carbocycles. The number of guanidine groups is 1. The van der Waals surface area contributed by atoms with Gasteiger partial charge in [-0.1, -0.05) is 26.0 Å². The molecule has 1 aromatic rings. The van der Waals surface area contributed by atoms with Crippen LogP contribution in [0.15, 0.2) is 29.3 Å². The van der Waals surface area contributed by atoms with Gasteiger partial charge in [-0.3, -0.25) is 4.79 Å². The number of nitrogens with zero attached hydrogens (tertiary/aromatic N) is 2. The summed E-state index contributed by atoms with van der Waals surface area (Å²) in [6, 6.07) is 7.90. The molecule has 152 valence electrons. The van der Waals surface area contributed by atoms with Crippen molar-refractivity contribution in [1.29, 1.82) is 0 Å². The number of nitrogens with one attached hydrogen (secondary N) is 2. The zero-order valence-electron chi connectivity index (χ0n) is 16.8. The van der Waals surface area contributed by atoms with Gasteiger partial charge in [0, 0.05) is 44.3 Å². The van der Waals surface area contributed by atoms with Crippen LogP contribution in [0.25, 0.3) is 0 Å². The SMILES string of the molecule is CCNC(=NCc1ccc(NC(=O)C(C)C)cc1)N1CCC(COC)C1.I. The van der Waals surface area contributed by atoms with E-state index >= 15 is 0 Å². The van der Waals surface area contributed by atoms with Crippen molar-refractivity contribution >= 4 is 41.5 Å². The molecule has 1 unspecified atom stereocenters. The number of rotatable bonds is 7. The number of carbonyl (C=O) groups excluding carboxylic acids is 1. The Kier molecular flexibility index (Phi) is 10.7. The smallest absolute Gasteiger partial charge is 0.226 e. The lowest BCUT2D eigenvalue weighted by molar-refractivity contribution is -0.118. The number of methoxy groups -OCH3 is 1. The van der Waals surface area contributed by atoms with E-state index in [2.05, 4.69) is 22.5 Å². The van der Waals surface area contributed by atoms with Crippen molar-refractivity contribution in [2.75, 3.05) is 38.7 Å². The number of hydrogen-bond acceptors (Lipinski definition) is 3. The summed E-state index contributed by atoms with van der Waals surface area (Å²) in [7, 11) is 1.76. The lowest BCUT2D eigenvalue weighted by Gasteiger charge is -2.21. The minimum atomic E-state index is -0.0238. The summed E-state index contributed by atoms with van der Waals surface area (Å²) in [5.41, 5.74) is 1.95. The van der Waals surface area contributed by atoms with Crippen molar-refractivity contribution < 1.29 is 9.53 Å². The van der Waals surface area contributed by atoms with Crippen LogP contribution in [0, 0.1) is 11.8 Å². The minimum Gasteiger partial charge on any atom is -0.384 e. The second-order valence-corrected chi connectivity index (χ2v) is 7.07. The first-order valence-electron chi connectivity index (χ1n) is 9.45. The molecular formula is C20H33IN4O2. The molecule has 0 spiro atoms. The van der Waals surface area contributed by atoms with E-state index < -0.39 is 0 Å². The highest BCUT2D eigenvalue weighted by Crippen LogP contribution is 2.17. The van der Waals surface area contributed by atoms with E-state index in [1.165, 1.54) is 0 Å². The molecule has 1 atom stereocenters. The van der Waals surface area contributed by atoms with E-state index in [1.807, 2.05) is 38.1 Å². The van der Waals surface area contributed by atoms with E-state index in [0.717, 1.165) is 49.9 Å². The average Bonchev–Trinajstić information content (AvgIpc) is 3.08. The highest BCUT2D eigenvalue weighted by Gasteiger charge is 2.24. The minimum absolute atomic E-state index is 0. The fourth-order valence-electron chi connectivity index (χ4n) is 2.97. The second-order valence-electron chi connectivity index (χ2n) is 7.07. The average molecular weight is 488 g/mol. The van der Waals surface area contributed by atoms with Gasteiger partial charge in [-0.25, -0.2) is 4.99 Å². The molecule has 27 heavy (non-hydrogen) atoms. The van der Waals surface area contributed by atoms with Crippen LogP contribution in [0.4, 0.5) is 5.69 Å². The van der Waals surface area contributed by atoms with E-state index in [9.17, 15) is 4.79 Å². The predicted molar refractivity (Wildman–Crippen MR) is 122 cm³/mol. The maximum absolute atomic E-state index is 11.7.